The van der Waals surface area contributed by atoms with Gasteiger partial charge in [-0.15, -0.1) is 0 Å². The van der Waals surface area contributed by atoms with E-state index in [4.69, 9.17) is 10.5 Å². The Labute approximate surface area is 100.0 Å². The molecule has 0 aliphatic rings. The summed E-state index contributed by atoms with van der Waals surface area (Å²) in [7, 11) is 1.48. The molecule has 0 aromatic heterocycles. The van der Waals surface area contributed by atoms with Gasteiger partial charge in [0.25, 0.3) is 0 Å². The van der Waals surface area contributed by atoms with Crippen LogP contribution >= 0.6 is 0 Å². The first-order valence-corrected chi connectivity index (χ1v) is 5.46. The predicted molar refractivity (Wildman–Crippen MR) is 63.3 cm³/mol. The molecule has 0 bridgehead atoms. The number of nitrogens with two attached hydrogens (primary N) is 1. The van der Waals surface area contributed by atoms with Crippen molar-refractivity contribution in [3.63, 3.8) is 0 Å². The van der Waals surface area contributed by atoms with Crippen LogP contribution in [0, 0.1) is 5.82 Å². The maximum atomic E-state index is 13.5. The van der Waals surface area contributed by atoms with Gasteiger partial charge in [-0.1, -0.05) is 6.07 Å². The van der Waals surface area contributed by atoms with E-state index in [9.17, 15) is 9.18 Å². The van der Waals surface area contributed by atoms with Gasteiger partial charge in [0.2, 0.25) is 5.91 Å². The second-order valence-corrected chi connectivity index (χ2v) is 3.60. The Kier molecular flexibility index (Phi) is 5.42. The van der Waals surface area contributed by atoms with Gasteiger partial charge in [0.1, 0.15) is 11.6 Å². The van der Waals surface area contributed by atoms with Gasteiger partial charge in [0, 0.05) is 25.6 Å². The maximum absolute atomic E-state index is 13.5. The lowest BCUT2D eigenvalue weighted by Gasteiger charge is -2.06. The second kappa shape index (κ2) is 6.85. The molecule has 1 rings (SSSR count). The quantitative estimate of drug-likeness (QED) is 0.774. The average Bonchev–Trinajstić information content (AvgIpc) is 2.34. The highest BCUT2D eigenvalue weighted by Gasteiger charge is 2.06. The normalized spacial score (nSPS) is 10.1. The van der Waals surface area contributed by atoms with E-state index in [1.165, 1.54) is 13.2 Å². The van der Waals surface area contributed by atoms with Crippen LogP contribution in [0.15, 0.2) is 18.2 Å². The topological polar surface area (TPSA) is 64.3 Å². The highest BCUT2D eigenvalue weighted by Crippen LogP contribution is 2.17. The molecule has 94 valence electrons. The molecule has 1 amide bonds. The van der Waals surface area contributed by atoms with Crippen molar-refractivity contribution >= 4 is 5.91 Å². The van der Waals surface area contributed by atoms with Crippen LogP contribution in [0.3, 0.4) is 0 Å². The fraction of sp³-hybridized carbons (Fsp3) is 0.417. The average molecular weight is 240 g/mol. The first kappa shape index (κ1) is 13.4. The number of hydrogen-bond acceptors (Lipinski definition) is 3. The van der Waals surface area contributed by atoms with Crippen molar-refractivity contribution in [1.29, 1.82) is 0 Å². The van der Waals surface area contributed by atoms with E-state index in [1.807, 2.05) is 0 Å². The smallest absolute Gasteiger partial charge is 0.220 e. The largest absolute Gasteiger partial charge is 0.497 e. The number of nitrogens with one attached hydrogen (secondary N) is 1. The number of methoxy groups -OCH3 is 1. The lowest BCUT2D eigenvalue weighted by Crippen LogP contribution is -2.29. The van der Waals surface area contributed by atoms with Crippen molar-refractivity contribution in [2.24, 2.45) is 5.73 Å². The number of aryl methyl sites for hydroxylation is 1. The number of halogens is 1. The van der Waals surface area contributed by atoms with Crippen LogP contribution in [0.1, 0.15) is 12.0 Å². The lowest BCUT2D eigenvalue weighted by atomic mass is 10.1. The summed E-state index contributed by atoms with van der Waals surface area (Å²) in [4.78, 5) is 11.3. The number of carbonyl (C=O) groups is 1. The van der Waals surface area contributed by atoms with Gasteiger partial charge >= 0.3 is 0 Å². The molecule has 0 atom stereocenters. The molecule has 17 heavy (non-hydrogen) atoms. The Balaban J connectivity index is 2.49. The molecule has 5 heteroatoms. The van der Waals surface area contributed by atoms with Crippen molar-refractivity contribution in [3.8, 4) is 5.75 Å². The van der Waals surface area contributed by atoms with E-state index < -0.39 is 0 Å². The van der Waals surface area contributed by atoms with Crippen LogP contribution in [0.25, 0.3) is 0 Å². The van der Waals surface area contributed by atoms with E-state index in [0.29, 0.717) is 30.8 Å². The van der Waals surface area contributed by atoms with E-state index in [2.05, 4.69) is 5.32 Å². The SMILES string of the molecule is COc1ccc(CCC(=O)NCCN)c(F)c1. The third-order valence-corrected chi connectivity index (χ3v) is 2.35. The minimum Gasteiger partial charge on any atom is -0.497 e. The molecule has 0 saturated carbocycles. The van der Waals surface area contributed by atoms with Gasteiger partial charge in [0.15, 0.2) is 0 Å². The first-order chi connectivity index (χ1) is 8.17. The van der Waals surface area contributed by atoms with Gasteiger partial charge in [-0.3, -0.25) is 4.79 Å². The predicted octanol–water partition coefficient (Wildman–Crippen LogP) is 0.842. The molecule has 0 heterocycles. The molecule has 0 fully saturated rings. The molecule has 4 nitrogen and oxygen atoms in total. The van der Waals surface area contributed by atoms with Crippen LogP contribution in [0.2, 0.25) is 0 Å². The summed E-state index contributed by atoms with van der Waals surface area (Å²) in [6, 6.07) is 4.62. The molecule has 0 spiro atoms. The second-order valence-electron chi connectivity index (χ2n) is 3.60. The molecule has 0 radical (unpaired) electrons. The van der Waals surface area contributed by atoms with E-state index in [0.717, 1.165) is 0 Å². The third-order valence-electron chi connectivity index (χ3n) is 2.35. The standard InChI is InChI=1S/C12H17FN2O2/c1-17-10-4-2-9(11(13)8-10)3-5-12(16)15-7-6-14/h2,4,8H,3,5-7,14H2,1H3,(H,15,16). The fourth-order valence-corrected chi connectivity index (χ4v) is 1.41. The van der Waals surface area contributed by atoms with E-state index in [1.54, 1.807) is 12.1 Å². The molecule has 0 aliphatic carbocycles. The van der Waals surface area contributed by atoms with E-state index in [-0.39, 0.29) is 18.1 Å². The van der Waals surface area contributed by atoms with Gasteiger partial charge in [-0.05, 0) is 18.1 Å². The Morgan fingerprint density at radius 3 is 2.88 bits per heavy atom. The highest BCUT2D eigenvalue weighted by atomic mass is 19.1. The minimum atomic E-state index is -0.351. The molecule has 1 aromatic rings. The van der Waals surface area contributed by atoms with Crippen LogP contribution in [-0.2, 0) is 11.2 Å². The summed E-state index contributed by atoms with van der Waals surface area (Å²) < 4.78 is 18.4. The Morgan fingerprint density at radius 1 is 1.53 bits per heavy atom. The van der Waals surface area contributed by atoms with Crippen LogP contribution in [-0.4, -0.2) is 26.1 Å². The third kappa shape index (κ3) is 4.40. The summed E-state index contributed by atoms with van der Waals surface area (Å²) in [6.07, 6.45) is 0.621. The Bertz CT molecular complexity index is 383. The summed E-state index contributed by atoms with van der Waals surface area (Å²) in [5.41, 5.74) is 5.76. The molecule has 0 aliphatic heterocycles. The fourth-order valence-electron chi connectivity index (χ4n) is 1.41. The van der Waals surface area contributed by atoms with Crippen molar-refractivity contribution in [2.75, 3.05) is 20.2 Å². The number of benzene rings is 1. The zero-order chi connectivity index (χ0) is 12.7. The van der Waals surface area contributed by atoms with Gasteiger partial charge < -0.3 is 15.8 Å². The van der Waals surface area contributed by atoms with E-state index >= 15 is 0 Å². The van der Waals surface area contributed by atoms with Crippen LogP contribution in [0.5, 0.6) is 5.75 Å². The van der Waals surface area contributed by atoms with Crippen LogP contribution < -0.4 is 15.8 Å². The number of ether oxygens (including phenoxy) is 1. The highest BCUT2D eigenvalue weighted by molar-refractivity contribution is 5.76. The summed E-state index contributed by atoms with van der Waals surface area (Å²) >= 11 is 0. The number of carbonyl (C=O) groups excluding carboxylic acids is 1. The summed E-state index contributed by atoms with van der Waals surface area (Å²) in [5.74, 6) is 0.000441. The number of hydrogen-bond donors (Lipinski definition) is 2. The molecule has 0 unspecified atom stereocenters. The molecule has 0 saturated heterocycles. The van der Waals surface area contributed by atoms with Crippen molar-refractivity contribution < 1.29 is 13.9 Å². The number of rotatable bonds is 6. The van der Waals surface area contributed by atoms with Crippen molar-refractivity contribution in [2.45, 2.75) is 12.8 Å². The monoisotopic (exact) mass is 240 g/mol. The Hall–Kier alpha value is -1.62. The van der Waals surface area contributed by atoms with Crippen molar-refractivity contribution in [1.82, 2.24) is 5.32 Å². The molecule has 3 N–H and O–H groups in total. The number of amides is 1. The molecular formula is C12H17FN2O2. The lowest BCUT2D eigenvalue weighted by molar-refractivity contribution is -0.121. The summed E-state index contributed by atoms with van der Waals surface area (Å²) in [5, 5.41) is 2.63. The van der Waals surface area contributed by atoms with Gasteiger partial charge in [-0.25, -0.2) is 4.39 Å². The Morgan fingerprint density at radius 2 is 2.29 bits per heavy atom. The maximum Gasteiger partial charge on any atom is 0.220 e. The first-order valence-electron chi connectivity index (χ1n) is 5.46. The molecular weight excluding hydrogens is 223 g/mol. The van der Waals surface area contributed by atoms with Gasteiger partial charge in [0.05, 0.1) is 7.11 Å². The molecule has 1 aromatic carbocycles. The minimum absolute atomic E-state index is 0.120. The zero-order valence-electron chi connectivity index (χ0n) is 9.83. The zero-order valence-corrected chi connectivity index (χ0v) is 9.83. The summed E-state index contributed by atoms with van der Waals surface area (Å²) in [6.45, 7) is 0.854. The van der Waals surface area contributed by atoms with Gasteiger partial charge in [-0.2, -0.15) is 0 Å². The van der Waals surface area contributed by atoms with Crippen LogP contribution in [0.4, 0.5) is 4.39 Å². The van der Waals surface area contributed by atoms with Crippen molar-refractivity contribution in [3.05, 3.63) is 29.6 Å².